The van der Waals surface area contributed by atoms with Gasteiger partial charge >= 0.3 is 0 Å². The summed E-state index contributed by atoms with van der Waals surface area (Å²) in [5.41, 5.74) is 0. The Bertz CT molecular complexity index is 430. The molecule has 3 nitrogen and oxygen atoms in total. The lowest BCUT2D eigenvalue weighted by molar-refractivity contribution is 0.614. The van der Waals surface area contributed by atoms with Crippen molar-refractivity contribution < 1.29 is 4.39 Å². The van der Waals surface area contributed by atoms with E-state index in [4.69, 9.17) is 0 Å². The number of pyridine rings is 1. The van der Waals surface area contributed by atoms with Crippen LogP contribution < -0.4 is 4.90 Å². The van der Waals surface area contributed by atoms with Gasteiger partial charge in [0.1, 0.15) is 5.01 Å². The van der Waals surface area contributed by atoms with Gasteiger partial charge in [0, 0.05) is 24.8 Å². The fourth-order valence-corrected chi connectivity index (χ4v) is 1.94. The van der Waals surface area contributed by atoms with E-state index in [1.54, 1.807) is 41.7 Å². The van der Waals surface area contributed by atoms with Crippen LogP contribution in [0.25, 0.3) is 0 Å². The van der Waals surface area contributed by atoms with Crippen molar-refractivity contribution in [1.29, 1.82) is 0 Å². The summed E-state index contributed by atoms with van der Waals surface area (Å²) in [6.45, 7) is 0.575. The Hall–Kier alpha value is -1.49. The topological polar surface area (TPSA) is 29.0 Å². The van der Waals surface area contributed by atoms with Crippen LogP contribution in [0.1, 0.15) is 5.01 Å². The molecule has 15 heavy (non-hydrogen) atoms. The highest BCUT2D eigenvalue weighted by Crippen LogP contribution is 2.16. The fourth-order valence-electron chi connectivity index (χ4n) is 1.27. The van der Waals surface area contributed by atoms with Gasteiger partial charge in [-0.1, -0.05) is 0 Å². The first-order valence-corrected chi connectivity index (χ1v) is 5.35. The Morgan fingerprint density at radius 1 is 1.40 bits per heavy atom. The maximum absolute atomic E-state index is 13.3. The molecule has 2 aromatic heterocycles. The normalized spacial score (nSPS) is 10.3. The number of nitrogens with zero attached hydrogens (tertiary/aromatic N) is 3. The van der Waals surface area contributed by atoms with Gasteiger partial charge in [0.25, 0.3) is 0 Å². The molecule has 0 spiro atoms. The van der Waals surface area contributed by atoms with Crippen LogP contribution in [0.2, 0.25) is 0 Å². The van der Waals surface area contributed by atoms with Crippen molar-refractivity contribution in [2.24, 2.45) is 0 Å². The average Bonchev–Trinajstić information content (AvgIpc) is 2.71. The van der Waals surface area contributed by atoms with Crippen molar-refractivity contribution in [1.82, 2.24) is 9.97 Å². The summed E-state index contributed by atoms with van der Waals surface area (Å²) in [6, 6.07) is 2.98. The molecular weight excluding hydrogens is 213 g/mol. The summed E-state index contributed by atoms with van der Waals surface area (Å²) in [4.78, 5) is 9.87. The van der Waals surface area contributed by atoms with Crippen LogP contribution >= 0.6 is 11.3 Å². The van der Waals surface area contributed by atoms with Gasteiger partial charge in [-0.15, -0.1) is 11.3 Å². The highest BCUT2D eigenvalue weighted by Gasteiger charge is 2.09. The minimum Gasteiger partial charge on any atom is -0.350 e. The van der Waals surface area contributed by atoms with Gasteiger partial charge in [0.2, 0.25) is 0 Å². The molecule has 0 saturated carbocycles. The Labute approximate surface area is 91.2 Å². The molecule has 0 amide bonds. The van der Waals surface area contributed by atoms with Crippen LogP contribution in [-0.2, 0) is 6.54 Å². The summed E-state index contributed by atoms with van der Waals surface area (Å²) >= 11 is 1.55. The Kier molecular flexibility index (Phi) is 2.91. The van der Waals surface area contributed by atoms with Crippen LogP contribution in [0.5, 0.6) is 0 Å². The molecule has 0 bridgehead atoms. The second kappa shape index (κ2) is 4.35. The van der Waals surface area contributed by atoms with E-state index in [-0.39, 0.29) is 5.82 Å². The third kappa shape index (κ3) is 2.30. The van der Waals surface area contributed by atoms with Crippen molar-refractivity contribution in [3.05, 3.63) is 40.7 Å². The fraction of sp³-hybridized carbons (Fsp3) is 0.200. The number of thiazole rings is 1. The van der Waals surface area contributed by atoms with Gasteiger partial charge in [-0.05, 0) is 12.1 Å². The predicted molar refractivity (Wildman–Crippen MR) is 58.4 cm³/mol. The Morgan fingerprint density at radius 2 is 2.27 bits per heavy atom. The van der Waals surface area contributed by atoms with Gasteiger partial charge in [0.05, 0.1) is 6.54 Å². The van der Waals surface area contributed by atoms with E-state index >= 15 is 0 Å². The highest BCUT2D eigenvalue weighted by molar-refractivity contribution is 7.09. The summed E-state index contributed by atoms with van der Waals surface area (Å²) < 4.78 is 13.3. The lowest BCUT2D eigenvalue weighted by atomic mass is 10.4. The molecule has 78 valence electrons. The van der Waals surface area contributed by atoms with E-state index in [0.29, 0.717) is 12.4 Å². The number of aromatic nitrogens is 2. The van der Waals surface area contributed by atoms with Crippen LogP contribution in [0.4, 0.5) is 10.2 Å². The summed E-state index contributed by atoms with van der Waals surface area (Å²) in [6.07, 6.45) is 3.32. The average molecular weight is 223 g/mol. The molecule has 2 rings (SSSR count). The molecular formula is C10H10FN3S. The number of anilines is 1. The number of hydrogen-bond acceptors (Lipinski definition) is 4. The molecule has 2 heterocycles. The molecule has 2 aromatic rings. The van der Waals surface area contributed by atoms with E-state index in [0.717, 1.165) is 5.01 Å². The minimum atomic E-state index is -0.309. The second-order valence-electron chi connectivity index (χ2n) is 3.09. The molecule has 0 radical (unpaired) electrons. The molecule has 0 aromatic carbocycles. The van der Waals surface area contributed by atoms with Crippen molar-refractivity contribution in [2.75, 3.05) is 11.9 Å². The van der Waals surface area contributed by atoms with E-state index in [1.807, 2.05) is 5.38 Å². The third-order valence-electron chi connectivity index (χ3n) is 1.96. The zero-order valence-corrected chi connectivity index (χ0v) is 9.04. The molecule has 0 aliphatic rings. The number of rotatable bonds is 3. The van der Waals surface area contributed by atoms with Gasteiger partial charge < -0.3 is 4.90 Å². The van der Waals surface area contributed by atoms with Crippen molar-refractivity contribution in [2.45, 2.75) is 6.54 Å². The van der Waals surface area contributed by atoms with Gasteiger partial charge in [-0.2, -0.15) is 0 Å². The van der Waals surface area contributed by atoms with Crippen molar-refractivity contribution in [3.63, 3.8) is 0 Å². The molecule has 0 aliphatic heterocycles. The van der Waals surface area contributed by atoms with Crippen LogP contribution in [0.15, 0.2) is 29.9 Å². The molecule has 0 fully saturated rings. The van der Waals surface area contributed by atoms with Crippen LogP contribution in [-0.4, -0.2) is 17.0 Å². The summed E-state index contributed by atoms with van der Waals surface area (Å²) in [5, 5.41) is 2.85. The monoisotopic (exact) mass is 223 g/mol. The largest absolute Gasteiger partial charge is 0.350 e. The number of halogens is 1. The standard InChI is InChI=1S/C10H10FN3S/c1-14(7-9-12-5-6-15-9)10-8(11)3-2-4-13-10/h2-6H,7H2,1H3. The SMILES string of the molecule is CN(Cc1nccs1)c1ncccc1F. The molecule has 0 atom stereocenters. The minimum absolute atomic E-state index is 0.309. The van der Waals surface area contributed by atoms with Crippen molar-refractivity contribution >= 4 is 17.2 Å². The highest BCUT2D eigenvalue weighted by atomic mass is 32.1. The van der Waals surface area contributed by atoms with Gasteiger partial charge in [-0.3, -0.25) is 0 Å². The van der Waals surface area contributed by atoms with E-state index in [1.165, 1.54) is 6.07 Å². The zero-order valence-electron chi connectivity index (χ0n) is 8.22. The van der Waals surface area contributed by atoms with Crippen LogP contribution in [0, 0.1) is 5.82 Å². The smallest absolute Gasteiger partial charge is 0.165 e. The third-order valence-corrected chi connectivity index (χ3v) is 2.72. The number of hydrogen-bond donors (Lipinski definition) is 0. The molecule has 0 saturated heterocycles. The molecule has 0 aliphatic carbocycles. The second-order valence-corrected chi connectivity index (χ2v) is 4.07. The molecule has 0 N–H and O–H groups in total. The van der Waals surface area contributed by atoms with Crippen molar-refractivity contribution in [3.8, 4) is 0 Å². The lowest BCUT2D eigenvalue weighted by Gasteiger charge is -2.16. The summed E-state index contributed by atoms with van der Waals surface area (Å²) in [5.74, 6) is 0.0456. The Balaban J connectivity index is 2.15. The lowest BCUT2D eigenvalue weighted by Crippen LogP contribution is -2.18. The zero-order chi connectivity index (χ0) is 10.7. The first kappa shape index (κ1) is 10.0. The molecule has 5 heteroatoms. The van der Waals surface area contributed by atoms with E-state index in [2.05, 4.69) is 9.97 Å². The van der Waals surface area contributed by atoms with Gasteiger partial charge in [-0.25, -0.2) is 14.4 Å². The summed E-state index contributed by atoms with van der Waals surface area (Å²) in [7, 11) is 1.80. The predicted octanol–water partition coefficient (Wildman–Crippen LogP) is 2.31. The van der Waals surface area contributed by atoms with Crippen LogP contribution in [0.3, 0.4) is 0 Å². The maximum atomic E-state index is 13.3. The first-order chi connectivity index (χ1) is 7.27. The van der Waals surface area contributed by atoms with E-state index in [9.17, 15) is 4.39 Å². The van der Waals surface area contributed by atoms with E-state index < -0.39 is 0 Å². The molecule has 0 unspecified atom stereocenters. The maximum Gasteiger partial charge on any atom is 0.165 e. The Morgan fingerprint density at radius 3 is 2.93 bits per heavy atom. The quantitative estimate of drug-likeness (QED) is 0.799. The van der Waals surface area contributed by atoms with Gasteiger partial charge in [0.15, 0.2) is 11.6 Å². The first-order valence-electron chi connectivity index (χ1n) is 4.47.